The molecule has 0 aromatic heterocycles. The van der Waals surface area contributed by atoms with Crippen molar-refractivity contribution in [3.8, 4) is 0 Å². The Morgan fingerprint density at radius 3 is 2.31 bits per heavy atom. The Balaban J connectivity index is 1.97. The van der Waals surface area contributed by atoms with Crippen LogP contribution in [0.15, 0.2) is 54.6 Å². The molecule has 2 rings (SSSR count). The monoisotopic (exact) mass is 210 g/mol. The van der Waals surface area contributed by atoms with E-state index in [-0.39, 0.29) is 0 Å². The first-order valence-electron chi connectivity index (χ1n) is 5.33. The molecule has 80 valence electrons. The van der Waals surface area contributed by atoms with Crippen molar-refractivity contribution < 1.29 is 4.42 Å². The summed E-state index contributed by atoms with van der Waals surface area (Å²) in [5, 5.41) is 0. The van der Waals surface area contributed by atoms with Crippen LogP contribution in [0.3, 0.4) is 0 Å². The standard InChI is InChI=1S/C15H14O/c1-13-7-9-15(10-8-13)12-16-11-14-5-3-2-4-6-14/h2-10H,12H2,1H3. The van der Waals surface area contributed by atoms with Crippen molar-refractivity contribution in [3.05, 3.63) is 71.3 Å². The van der Waals surface area contributed by atoms with Gasteiger partial charge in [0.15, 0.2) is 0 Å². The van der Waals surface area contributed by atoms with Crippen LogP contribution in [0, 0.1) is 6.92 Å². The summed E-state index contributed by atoms with van der Waals surface area (Å²) in [4.78, 5) is 0. The molecule has 0 aliphatic rings. The number of benzene rings is 2. The molecule has 0 spiro atoms. The highest BCUT2D eigenvalue weighted by molar-refractivity contribution is 5.75. The predicted molar refractivity (Wildman–Crippen MR) is 66.1 cm³/mol. The average Bonchev–Trinajstić information content (AvgIpc) is 2.33. The summed E-state index contributed by atoms with van der Waals surface area (Å²) in [6, 6.07) is 18.2. The van der Waals surface area contributed by atoms with Gasteiger partial charge in [-0.25, -0.2) is 0 Å². The summed E-state index contributed by atoms with van der Waals surface area (Å²) >= 11 is 0. The Kier molecular flexibility index (Phi) is 3.50. The normalized spacial score (nSPS) is 10.8. The molecule has 0 saturated carbocycles. The summed E-state index contributed by atoms with van der Waals surface area (Å²) < 4.78 is 5.40. The van der Waals surface area contributed by atoms with Gasteiger partial charge in [0.2, 0.25) is 0 Å². The first-order chi connectivity index (χ1) is 7.84. The molecular formula is C15H14O. The molecule has 2 aromatic rings. The van der Waals surface area contributed by atoms with E-state index >= 15 is 0 Å². The Morgan fingerprint density at radius 2 is 1.62 bits per heavy atom. The second-order valence-electron chi connectivity index (χ2n) is 3.74. The van der Waals surface area contributed by atoms with E-state index in [0.717, 1.165) is 11.1 Å². The van der Waals surface area contributed by atoms with Gasteiger partial charge in [-0.1, -0.05) is 29.3 Å². The summed E-state index contributed by atoms with van der Waals surface area (Å²) in [6.07, 6.45) is 2.91. The zero-order valence-electron chi connectivity index (χ0n) is 9.31. The van der Waals surface area contributed by atoms with Gasteiger partial charge in [-0.3, -0.25) is 0 Å². The third-order valence-electron chi connectivity index (χ3n) is 2.32. The number of rotatable bonds is 3. The van der Waals surface area contributed by atoms with Crippen LogP contribution in [-0.4, -0.2) is 6.29 Å². The Labute approximate surface area is 96.1 Å². The molecule has 0 atom stereocenters. The van der Waals surface area contributed by atoms with Crippen molar-refractivity contribution in [2.24, 2.45) is 0 Å². The Bertz CT molecular complexity index is 455. The number of aryl methyl sites for hydroxylation is 1. The third kappa shape index (κ3) is 3.06. The quantitative estimate of drug-likeness (QED) is 0.544. The average molecular weight is 210 g/mol. The van der Waals surface area contributed by atoms with Crippen LogP contribution in [0.4, 0.5) is 0 Å². The molecule has 0 fully saturated rings. The summed E-state index contributed by atoms with van der Waals surface area (Å²) in [7, 11) is 0. The topological polar surface area (TPSA) is 11.3 Å². The molecule has 1 nitrogen and oxygen atoms in total. The summed E-state index contributed by atoms with van der Waals surface area (Å²) in [6.45, 7) is 2.64. The largest absolute Gasteiger partial charge is 0.313 e. The van der Waals surface area contributed by atoms with Crippen LogP contribution in [0.2, 0.25) is 0 Å². The fourth-order valence-electron chi connectivity index (χ4n) is 1.39. The van der Waals surface area contributed by atoms with Gasteiger partial charge in [0.1, 0.15) is 0 Å². The highest BCUT2D eigenvalue weighted by Gasteiger charge is 1.95. The Morgan fingerprint density at radius 1 is 0.938 bits per heavy atom. The smallest absolute Gasteiger partial charge is 0.291 e. The number of carbonyl (C=O) groups excluding carboxylic acids is 1. The highest BCUT2D eigenvalue weighted by atomic mass is 16.4. The maximum Gasteiger partial charge on any atom is 0.291 e. The Hall–Kier alpha value is -1.89. The molecule has 0 aliphatic carbocycles. The molecule has 1 heteroatoms. The van der Waals surface area contributed by atoms with Gasteiger partial charge in [-0.2, -0.15) is 12.1 Å². The SMILES string of the molecule is Cc1ccc(C[O+]=[C-]c2ccccc2)cc1. The minimum absolute atomic E-state index is 0.565. The zero-order chi connectivity index (χ0) is 11.2. The van der Waals surface area contributed by atoms with Crippen molar-refractivity contribution in [1.82, 2.24) is 0 Å². The lowest BCUT2D eigenvalue weighted by molar-refractivity contribution is 0.0922. The van der Waals surface area contributed by atoms with Crippen molar-refractivity contribution in [2.75, 3.05) is 0 Å². The molecule has 0 radical (unpaired) electrons. The summed E-state index contributed by atoms with van der Waals surface area (Å²) in [5.41, 5.74) is 3.39. The molecule has 0 aliphatic heterocycles. The second kappa shape index (κ2) is 5.26. The van der Waals surface area contributed by atoms with E-state index in [4.69, 9.17) is 4.42 Å². The van der Waals surface area contributed by atoms with Gasteiger partial charge >= 0.3 is 0 Å². The summed E-state index contributed by atoms with van der Waals surface area (Å²) in [5.74, 6) is 0. The van der Waals surface area contributed by atoms with Crippen molar-refractivity contribution in [2.45, 2.75) is 13.5 Å². The molecule has 0 N–H and O–H groups in total. The van der Waals surface area contributed by atoms with Crippen LogP contribution in [0.5, 0.6) is 0 Å². The van der Waals surface area contributed by atoms with E-state index in [0.29, 0.717) is 6.61 Å². The molecule has 2 aromatic carbocycles. The van der Waals surface area contributed by atoms with E-state index in [1.165, 1.54) is 5.56 Å². The third-order valence-corrected chi connectivity index (χ3v) is 2.32. The van der Waals surface area contributed by atoms with Crippen LogP contribution < -0.4 is 0 Å². The zero-order valence-corrected chi connectivity index (χ0v) is 9.31. The predicted octanol–water partition coefficient (Wildman–Crippen LogP) is 3.19. The van der Waals surface area contributed by atoms with E-state index < -0.39 is 0 Å². The molecule has 0 saturated heterocycles. The lowest BCUT2D eigenvalue weighted by Crippen LogP contribution is -1.88. The van der Waals surface area contributed by atoms with Gasteiger partial charge in [0, 0.05) is 5.56 Å². The van der Waals surface area contributed by atoms with E-state index in [1.807, 2.05) is 30.3 Å². The first kappa shape index (κ1) is 10.6. The van der Waals surface area contributed by atoms with Gasteiger partial charge in [-0.05, 0) is 19.1 Å². The molecule has 16 heavy (non-hydrogen) atoms. The minimum atomic E-state index is 0.565. The number of hydrogen-bond acceptors (Lipinski definition) is 0. The van der Waals surface area contributed by atoms with Crippen molar-refractivity contribution in [1.29, 1.82) is 0 Å². The fraction of sp³-hybridized carbons (Fsp3) is 0.133. The van der Waals surface area contributed by atoms with Gasteiger partial charge in [0.25, 0.3) is 12.9 Å². The maximum absolute atomic E-state index is 5.40. The van der Waals surface area contributed by atoms with Crippen molar-refractivity contribution in [3.63, 3.8) is 0 Å². The van der Waals surface area contributed by atoms with E-state index in [1.54, 1.807) is 0 Å². The van der Waals surface area contributed by atoms with Gasteiger partial charge in [0.05, 0.1) is 0 Å². The molecule has 0 unspecified atom stereocenters. The first-order valence-corrected chi connectivity index (χ1v) is 5.33. The lowest BCUT2D eigenvalue weighted by Gasteiger charge is -1.94. The van der Waals surface area contributed by atoms with Crippen LogP contribution >= 0.6 is 0 Å². The highest BCUT2D eigenvalue weighted by Crippen LogP contribution is 2.03. The van der Waals surface area contributed by atoms with Crippen LogP contribution in [-0.2, 0) is 11.0 Å². The van der Waals surface area contributed by atoms with E-state index in [2.05, 4.69) is 37.5 Å². The van der Waals surface area contributed by atoms with Crippen LogP contribution in [0.25, 0.3) is 0 Å². The lowest BCUT2D eigenvalue weighted by atomic mass is 10.2. The number of hydrogen-bond donors (Lipinski definition) is 0. The van der Waals surface area contributed by atoms with E-state index in [9.17, 15) is 0 Å². The fourth-order valence-corrected chi connectivity index (χ4v) is 1.39. The molecular weight excluding hydrogens is 196 g/mol. The molecule has 0 bridgehead atoms. The minimum Gasteiger partial charge on any atom is -0.313 e. The van der Waals surface area contributed by atoms with Gasteiger partial charge < -0.3 is 4.42 Å². The molecule has 0 heterocycles. The van der Waals surface area contributed by atoms with Crippen LogP contribution in [0.1, 0.15) is 16.7 Å². The van der Waals surface area contributed by atoms with Crippen molar-refractivity contribution >= 4 is 6.29 Å². The maximum atomic E-state index is 5.40. The second-order valence-corrected chi connectivity index (χ2v) is 3.74. The van der Waals surface area contributed by atoms with Gasteiger partial charge in [-0.15, -0.1) is 12.1 Å². The molecule has 0 amide bonds.